The summed E-state index contributed by atoms with van der Waals surface area (Å²) in [5.41, 5.74) is 4.39. The Bertz CT molecular complexity index is 1380. The maximum atomic E-state index is 13.7. The summed E-state index contributed by atoms with van der Waals surface area (Å²) < 4.78 is 1.76. The van der Waals surface area contributed by atoms with Gasteiger partial charge in [-0.1, -0.05) is 11.6 Å². The number of pyridine rings is 1. The molecule has 7 nitrogen and oxygen atoms in total. The molecule has 0 spiro atoms. The quantitative estimate of drug-likeness (QED) is 0.537. The molecule has 2 heterocycles. The summed E-state index contributed by atoms with van der Waals surface area (Å²) in [6.45, 7) is 10.2. The number of hydrogen-bond donors (Lipinski definition) is 1. The van der Waals surface area contributed by atoms with E-state index in [1.807, 2.05) is 58.0 Å². The van der Waals surface area contributed by atoms with Gasteiger partial charge in [-0.3, -0.25) is 14.4 Å². The SMILES string of the molecule is CCn1c(=O)cc(C2CCN(C)CC2)c2cc(C(=O)N(C)c3ccc(C)cc3C(=O)NC(C)C)ccc21. The van der Waals surface area contributed by atoms with Crippen molar-refractivity contribution in [1.29, 1.82) is 0 Å². The van der Waals surface area contributed by atoms with E-state index in [2.05, 4.69) is 17.3 Å². The van der Waals surface area contributed by atoms with Gasteiger partial charge in [0.25, 0.3) is 17.4 Å². The van der Waals surface area contributed by atoms with Crippen LogP contribution >= 0.6 is 0 Å². The third kappa shape index (κ3) is 5.47. The number of hydrogen-bond acceptors (Lipinski definition) is 4. The second-order valence-corrected chi connectivity index (χ2v) is 10.5. The molecular formula is C30H38N4O3. The molecule has 1 fully saturated rings. The number of carbonyl (C=O) groups excluding carboxylic acids is 2. The van der Waals surface area contributed by atoms with Crippen molar-refractivity contribution >= 4 is 28.4 Å². The number of benzene rings is 2. The van der Waals surface area contributed by atoms with Crippen LogP contribution in [0, 0.1) is 6.92 Å². The van der Waals surface area contributed by atoms with E-state index in [1.165, 1.54) is 0 Å². The van der Waals surface area contributed by atoms with Crippen LogP contribution in [0.5, 0.6) is 0 Å². The molecule has 196 valence electrons. The molecule has 37 heavy (non-hydrogen) atoms. The topological polar surface area (TPSA) is 74.7 Å². The summed E-state index contributed by atoms with van der Waals surface area (Å²) in [4.78, 5) is 43.5. The standard InChI is InChI=1S/C30H38N4O3/c1-7-34-27-11-9-22(17-24(27)23(18-28(34)35)21-12-14-32(5)15-13-21)30(37)33(6)26-10-8-20(4)16-25(26)29(36)31-19(2)3/h8-11,16-19,21H,7,12-15H2,1-6H3,(H,31,36). The highest BCUT2D eigenvalue weighted by atomic mass is 16.2. The molecule has 1 saturated heterocycles. The van der Waals surface area contributed by atoms with Crippen LogP contribution in [0.25, 0.3) is 10.9 Å². The van der Waals surface area contributed by atoms with Crippen molar-refractivity contribution < 1.29 is 9.59 Å². The van der Waals surface area contributed by atoms with E-state index in [0.717, 1.165) is 48.0 Å². The second kappa shape index (κ2) is 10.9. The predicted molar refractivity (Wildman–Crippen MR) is 150 cm³/mol. The summed E-state index contributed by atoms with van der Waals surface area (Å²) in [6, 6.07) is 12.9. The maximum absolute atomic E-state index is 13.7. The fourth-order valence-electron chi connectivity index (χ4n) is 5.29. The number of anilines is 1. The Morgan fingerprint density at radius 3 is 2.43 bits per heavy atom. The Balaban J connectivity index is 1.77. The average molecular weight is 503 g/mol. The van der Waals surface area contributed by atoms with Gasteiger partial charge in [0.2, 0.25) is 0 Å². The van der Waals surface area contributed by atoms with Gasteiger partial charge in [0.15, 0.2) is 0 Å². The zero-order chi connectivity index (χ0) is 26.9. The van der Waals surface area contributed by atoms with Gasteiger partial charge in [0.05, 0.1) is 16.8 Å². The van der Waals surface area contributed by atoms with Crippen molar-refractivity contribution in [2.24, 2.45) is 0 Å². The van der Waals surface area contributed by atoms with E-state index >= 15 is 0 Å². The van der Waals surface area contributed by atoms with Crippen molar-refractivity contribution in [3.63, 3.8) is 0 Å². The van der Waals surface area contributed by atoms with Crippen LogP contribution in [-0.4, -0.2) is 54.5 Å². The molecule has 0 aliphatic carbocycles. The maximum Gasteiger partial charge on any atom is 0.258 e. The zero-order valence-corrected chi connectivity index (χ0v) is 22.8. The number of likely N-dealkylation sites (tertiary alicyclic amines) is 1. The van der Waals surface area contributed by atoms with Gasteiger partial charge in [-0.15, -0.1) is 0 Å². The number of piperidine rings is 1. The molecule has 0 saturated carbocycles. The Morgan fingerprint density at radius 2 is 1.78 bits per heavy atom. The normalized spacial score (nSPS) is 14.8. The van der Waals surface area contributed by atoms with Crippen LogP contribution in [-0.2, 0) is 6.54 Å². The van der Waals surface area contributed by atoms with Crippen molar-refractivity contribution in [2.45, 2.75) is 59.0 Å². The minimum absolute atomic E-state index is 0.000541. The van der Waals surface area contributed by atoms with Crippen molar-refractivity contribution in [2.75, 3.05) is 32.1 Å². The Morgan fingerprint density at radius 1 is 1.08 bits per heavy atom. The van der Waals surface area contributed by atoms with Gasteiger partial charge in [-0.25, -0.2) is 0 Å². The lowest BCUT2D eigenvalue weighted by Gasteiger charge is -2.30. The van der Waals surface area contributed by atoms with E-state index in [1.54, 1.807) is 28.6 Å². The first-order chi connectivity index (χ1) is 17.6. The highest BCUT2D eigenvalue weighted by molar-refractivity contribution is 6.11. The summed E-state index contributed by atoms with van der Waals surface area (Å²) >= 11 is 0. The van der Waals surface area contributed by atoms with Crippen molar-refractivity contribution in [1.82, 2.24) is 14.8 Å². The molecule has 1 aliphatic heterocycles. The first-order valence-electron chi connectivity index (χ1n) is 13.2. The Kier molecular flexibility index (Phi) is 7.83. The number of nitrogens with one attached hydrogen (secondary N) is 1. The van der Waals surface area contributed by atoms with E-state index < -0.39 is 0 Å². The van der Waals surface area contributed by atoms with Gasteiger partial charge < -0.3 is 19.7 Å². The zero-order valence-electron chi connectivity index (χ0n) is 22.8. The molecule has 1 aliphatic rings. The number of nitrogens with zero attached hydrogens (tertiary/aromatic N) is 3. The van der Waals surface area contributed by atoms with Gasteiger partial charge >= 0.3 is 0 Å². The number of fused-ring (bicyclic) bond motifs is 1. The molecule has 4 rings (SSSR count). The molecule has 1 aromatic heterocycles. The van der Waals surface area contributed by atoms with Gasteiger partial charge in [-0.05, 0) is 102 Å². The molecule has 3 aromatic rings. The lowest BCUT2D eigenvalue weighted by molar-refractivity contribution is 0.0943. The number of amides is 2. The van der Waals surface area contributed by atoms with Crippen LogP contribution in [0.4, 0.5) is 5.69 Å². The fourth-order valence-corrected chi connectivity index (χ4v) is 5.29. The smallest absolute Gasteiger partial charge is 0.258 e. The second-order valence-electron chi connectivity index (χ2n) is 10.5. The number of carbonyl (C=O) groups is 2. The molecule has 0 unspecified atom stereocenters. The first-order valence-corrected chi connectivity index (χ1v) is 13.2. The minimum atomic E-state index is -0.205. The molecule has 0 radical (unpaired) electrons. The third-order valence-corrected chi connectivity index (χ3v) is 7.35. The number of aryl methyl sites for hydroxylation is 2. The molecule has 0 bridgehead atoms. The van der Waals surface area contributed by atoms with E-state index in [0.29, 0.717) is 23.4 Å². The lowest BCUT2D eigenvalue weighted by atomic mass is 9.87. The first kappa shape index (κ1) is 26.6. The largest absolute Gasteiger partial charge is 0.350 e. The molecule has 1 N–H and O–H groups in total. The number of aromatic nitrogens is 1. The highest BCUT2D eigenvalue weighted by Gasteiger charge is 2.24. The minimum Gasteiger partial charge on any atom is -0.350 e. The lowest BCUT2D eigenvalue weighted by Crippen LogP contribution is -2.33. The Hall–Kier alpha value is -3.45. The summed E-state index contributed by atoms with van der Waals surface area (Å²) in [5.74, 6) is -0.124. The molecular weight excluding hydrogens is 464 g/mol. The van der Waals surface area contributed by atoms with Crippen LogP contribution in [0.3, 0.4) is 0 Å². The highest BCUT2D eigenvalue weighted by Crippen LogP contribution is 2.33. The fraction of sp³-hybridized carbons (Fsp3) is 0.433. The van der Waals surface area contributed by atoms with Crippen molar-refractivity contribution in [3.05, 3.63) is 75.1 Å². The van der Waals surface area contributed by atoms with E-state index in [4.69, 9.17) is 0 Å². The molecule has 2 aromatic carbocycles. The predicted octanol–water partition coefficient (Wildman–Crippen LogP) is 4.55. The summed E-state index contributed by atoms with van der Waals surface area (Å²) in [7, 11) is 3.82. The van der Waals surface area contributed by atoms with Gasteiger partial charge in [0.1, 0.15) is 0 Å². The van der Waals surface area contributed by atoms with E-state index in [9.17, 15) is 14.4 Å². The third-order valence-electron chi connectivity index (χ3n) is 7.35. The molecule has 0 atom stereocenters. The summed E-state index contributed by atoms with van der Waals surface area (Å²) in [5, 5.41) is 3.89. The van der Waals surface area contributed by atoms with Crippen LogP contribution in [0.2, 0.25) is 0 Å². The van der Waals surface area contributed by atoms with Crippen molar-refractivity contribution in [3.8, 4) is 0 Å². The van der Waals surface area contributed by atoms with Crippen LogP contribution < -0.4 is 15.8 Å². The van der Waals surface area contributed by atoms with E-state index in [-0.39, 0.29) is 29.3 Å². The van der Waals surface area contributed by atoms with Crippen LogP contribution in [0.15, 0.2) is 47.3 Å². The van der Waals surface area contributed by atoms with Gasteiger partial charge in [-0.2, -0.15) is 0 Å². The summed E-state index contributed by atoms with van der Waals surface area (Å²) in [6.07, 6.45) is 1.97. The van der Waals surface area contributed by atoms with Gasteiger partial charge in [0, 0.05) is 36.7 Å². The monoisotopic (exact) mass is 502 g/mol. The van der Waals surface area contributed by atoms with Crippen LogP contribution in [0.1, 0.15) is 71.4 Å². The average Bonchev–Trinajstić information content (AvgIpc) is 2.87. The molecule has 2 amide bonds. The molecule has 7 heteroatoms. The number of rotatable bonds is 6. The Labute approximate surface area is 219 Å².